The van der Waals surface area contributed by atoms with Gasteiger partial charge in [-0.1, -0.05) is 0 Å². The molecule has 0 saturated heterocycles. The van der Waals surface area contributed by atoms with Gasteiger partial charge in [-0.05, 0) is 36.4 Å². The van der Waals surface area contributed by atoms with Crippen molar-refractivity contribution in [2.75, 3.05) is 17.2 Å². The van der Waals surface area contributed by atoms with Crippen LogP contribution in [0.5, 0.6) is 5.75 Å². The Hall–Kier alpha value is -3.28. The number of amides is 2. The molecule has 114 valence electrons. The lowest BCUT2D eigenvalue weighted by Gasteiger charge is -2.18. The molecule has 0 bridgehead atoms. The predicted molar refractivity (Wildman–Crippen MR) is 86.8 cm³/mol. The highest BCUT2D eigenvalue weighted by Gasteiger charge is 2.16. The summed E-state index contributed by atoms with van der Waals surface area (Å²) >= 11 is 0. The van der Waals surface area contributed by atoms with Crippen molar-refractivity contribution in [2.24, 2.45) is 0 Å². The summed E-state index contributed by atoms with van der Waals surface area (Å²) in [5.74, 6) is 0.158. The van der Waals surface area contributed by atoms with Gasteiger partial charge in [0.05, 0.1) is 5.69 Å². The Bertz CT molecular complexity index is 930. The summed E-state index contributed by atoms with van der Waals surface area (Å²) in [6, 6.07) is 12.5. The van der Waals surface area contributed by atoms with E-state index in [2.05, 4.69) is 15.6 Å². The van der Waals surface area contributed by atoms with Crippen molar-refractivity contribution in [3.8, 4) is 5.75 Å². The molecule has 1 aromatic heterocycles. The van der Waals surface area contributed by atoms with Crippen molar-refractivity contribution in [3.05, 3.63) is 54.2 Å². The minimum absolute atomic E-state index is 0.0193. The van der Waals surface area contributed by atoms with Gasteiger partial charge in [-0.3, -0.25) is 9.59 Å². The number of carbonyl (C=O) groups excluding carboxylic acids is 2. The molecule has 6 nitrogen and oxygen atoms in total. The maximum absolute atomic E-state index is 12.4. The molecule has 0 radical (unpaired) electrons. The Labute approximate surface area is 131 Å². The molecule has 3 aromatic rings. The fourth-order valence-corrected chi connectivity index (χ4v) is 2.55. The molecule has 1 aliphatic rings. The highest BCUT2D eigenvalue weighted by Crippen LogP contribution is 2.30. The Morgan fingerprint density at radius 1 is 1.13 bits per heavy atom. The van der Waals surface area contributed by atoms with Crippen LogP contribution >= 0.6 is 0 Å². The number of hydrogen-bond acceptors (Lipinski definition) is 3. The summed E-state index contributed by atoms with van der Waals surface area (Å²) in [7, 11) is 0. The molecule has 2 amide bonds. The molecule has 2 aromatic carbocycles. The molecule has 0 unspecified atom stereocenters. The fraction of sp³-hybridized carbons (Fsp3) is 0.0588. The van der Waals surface area contributed by atoms with E-state index in [9.17, 15) is 9.59 Å². The van der Waals surface area contributed by atoms with Gasteiger partial charge in [-0.2, -0.15) is 0 Å². The second-order valence-electron chi connectivity index (χ2n) is 5.28. The highest BCUT2D eigenvalue weighted by atomic mass is 16.5. The lowest BCUT2D eigenvalue weighted by Crippen LogP contribution is -2.25. The van der Waals surface area contributed by atoms with Crippen LogP contribution in [0.4, 0.5) is 11.4 Å². The number of anilines is 2. The zero-order valence-electron chi connectivity index (χ0n) is 12.1. The number of hydrogen-bond donors (Lipinski definition) is 3. The predicted octanol–water partition coefficient (Wildman–Crippen LogP) is 2.75. The van der Waals surface area contributed by atoms with Crippen molar-refractivity contribution in [3.63, 3.8) is 0 Å². The van der Waals surface area contributed by atoms with Crippen LogP contribution in [-0.2, 0) is 4.79 Å². The topological polar surface area (TPSA) is 83.2 Å². The Morgan fingerprint density at radius 3 is 2.96 bits per heavy atom. The third-order valence-corrected chi connectivity index (χ3v) is 3.69. The monoisotopic (exact) mass is 307 g/mol. The highest BCUT2D eigenvalue weighted by molar-refractivity contribution is 6.06. The number of aromatic nitrogens is 1. The second-order valence-corrected chi connectivity index (χ2v) is 5.28. The summed E-state index contributed by atoms with van der Waals surface area (Å²) in [6.07, 6.45) is 1.83. The number of aromatic amines is 1. The number of carbonyl (C=O) groups is 2. The van der Waals surface area contributed by atoms with Gasteiger partial charge in [0, 0.05) is 34.4 Å². The maximum atomic E-state index is 12.4. The van der Waals surface area contributed by atoms with Crippen LogP contribution in [-0.4, -0.2) is 23.4 Å². The van der Waals surface area contributed by atoms with Gasteiger partial charge in [0.2, 0.25) is 0 Å². The first-order valence-electron chi connectivity index (χ1n) is 7.14. The fourth-order valence-electron chi connectivity index (χ4n) is 2.55. The smallest absolute Gasteiger partial charge is 0.262 e. The number of H-pyrrole nitrogens is 1. The van der Waals surface area contributed by atoms with Crippen LogP contribution in [0.15, 0.2) is 48.7 Å². The number of rotatable bonds is 2. The quantitative estimate of drug-likeness (QED) is 0.680. The first-order chi connectivity index (χ1) is 11.2. The number of ether oxygens (including phenoxy) is 1. The SMILES string of the molecule is O=C1COc2cc(NC(=O)c3ccc4[nH]ccc4c3)ccc2N1. The van der Waals surface area contributed by atoms with E-state index in [1.165, 1.54) is 0 Å². The van der Waals surface area contributed by atoms with Crippen LogP contribution in [0.1, 0.15) is 10.4 Å². The minimum atomic E-state index is -0.201. The third-order valence-electron chi connectivity index (χ3n) is 3.69. The third kappa shape index (κ3) is 2.50. The molecule has 3 N–H and O–H groups in total. The summed E-state index contributed by atoms with van der Waals surface area (Å²) in [4.78, 5) is 26.7. The lowest BCUT2D eigenvalue weighted by atomic mass is 10.1. The van der Waals surface area contributed by atoms with Gasteiger partial charge in [0.1, 0.15) is 5.75 Å². The van der Waals surface area contributed by atoms with E-state index in [0.29, 0.717) is 22.7 Å². The summed E-state index contributed by atoms with van der Waals surface area (Å²) in [5.41, 5.74) is 2.77. The van der Waals surface area contributed by atoms with E-state index in [-0.39, 0.29) is 18.4 Å². The standard InChI is InChI=1S/C17H13N3O3/c21-16-9-23-15-8-12(2-4-14(15)20-16)19-17(22)11-1-3-13-10(7-11)5-6-18-13/h1-8,18H,9H2,(H,19,22)(H,20,21). The molecule has 0 spiro atoms. The van der Waals surface area contributed by atoms with Crippen molar-refractivity contribution < 1.29 is 14.3 Å². The number of nitrogens with one attached hydrogen (secondary N) is 3. The Kier molecular flexibility index (Phi) is 3.01. The summed E-state index contributed by atoms with van der Waals surface area (Å²) < 4.78 is 5.34. The van der Waals surface area contributed by atoms with Gasteiger partial charge in [-0.25, -0.2) is 0 Å². The lowest BCUT2D eigenvalue weighted by molar-refractivity contribution is -0.118. The largest absolute Gasteiger partial charge is 0.482 e. The van der Waals surface area contributed by atoms with Gasteiger partial charge in [0.15, 0.2) is 6.61 Å². The molecule has 0 saturated carbocycles. The summed E-state index contributed by atoms with van der Waals surface area (Å²) in [6.45, 7) is -0.0193. The van der Waals surface area contributed by atoms with Gasteiger partial charge in [-0.15, -0.1) is 0 Å². The van der Waals surface area contributed by atoms with Crippen LogP contribution in [0.3, 0.4) is 0 Å². The number of benzene rings is 2. The van der Waals surface area contributed by atoms with Crippen LogP contribution in [0, 0.1) is 0 Å². The zero-order valence-corrected chi connectivity index (χ0v) is 12.1. The first-order valence-corrected chi connectivity index (χ1v) is 7.14. The van der Waals surface area contributed by atoms with E-state index in [1.807, 2.05) is 24.4 Å². The second kappa shape index (κ2) is 5.17. The normalized spacial score (nSPS) is 13.1. The van der Waals surface area contributed by atoms with Crippen molar-refractivity contribution >= 4 is 34.1 Å². The Balaban J connectivity index is 1.57. The number of fused-ring (bicyclic) bond motifs is 2. The van der Waals surface area contributed by atoms with Gasteiger partial charge in [0.25, 0.3) is 11.8 Å². The molecule has 4 rings (SSSR count). The van der Waals surface area contributed by atoms with Gasteiger partial charge < -0.3 is 20.4 Å². The molecular formula is C17H13N3O3. The van der Waals surface area contributed by atoms with E-state index in [4.69, 9.17) is 4.74 Å². The van der Waals surface area contributed by atoms with Crippen molar-refractivity contribution in [1.29, 1.82) is 0 Å². The maximum Gasteiger partial charge on any atom is 0.262 e. The average Bonchev–Trinajstić information content (AvgIpc) is 3.02. The minimum Gasteiger partial charge on any atom is -0.482 e. The Morgan fingerprint density at radius 2 is 2.04 bits per heavy atom. The molecule has 2 heterocycles. The molecule has 0 atom stereocenters. The van der Waals surface area contributed by atoms with E-state index in [0.717, 1.165) is 10.9 Å². The molecule has 6 heteroatoms. The van der Waals surface area contributed by atoms with Gasteiger partial charge >= 0.3 is 0 Å². The molecule has 1 aliphatic heterocycles. The van der Waals surface area contributed by atoms with Crippen molar-refractivity contribution in [2.45, 2.75) is 0 Å². The van der Waals surface area contributed by atoms with Crippen molar-refractivity contribution in [1.82, 2.24) is 4.98 Å². The average molecular weight is 307 g/mol. The molecular weight excluding hydrogens is 294 g/mol. The zero-order chi connectivity index (χ0) is 15.8. The first kappa shape index (κ1) is 13.4. The van der Waals surface area contributed by atoms with E-state index in [1.54, 1.807) is 24.3 Å². The molecule has 23 heavy (non-hydrogen) atoms. The van der Waals surface area contributed by atoms with Crippen LogP contribution < -0.4 is 15.4 Å². The van der Waals surface area contributed by atoms with E-state index >= 15 is 0 Å². The molecule has 0 aliphatic carbocycles. The molecule has 0 fully saturated rings. The van der Waals surface area contributed by atoms with E-state index < -0.39 is 0 Å². The van der Waals surface area contributed by atoms with Crippen LogP contribution in [0.25, 0.3) is 10.9 Å². The van der Waals surface area contributed by atoms with Crippen LogP contribution in [0.2, 0.25) is 0 Å². The summed E-state index contributed by atoms with van der Waals surface area (Å²) in [5, 5.41) is 6.52.